The van der Waals surface area contributed by atoms with Crippen molar-refractivity contribution in [2.24, 2.45) is 0 Å². The predicted molar refractivity (Wildman–Crippen MR) is 87.3 cm³/mol. The van der Waals surface area contributed by atoms with Crippen LogP contribution in [0.3, 0.4) is 0 Å². The number of nitrogens with zero attached hydrogens (tertiary/aromatic N) is 3. The second kappa shape index (κ2) is 5.77. The van der Waals surface area contributed by atoms with Gasteiger partial charge in [0.2, 0.25) is 5.95 Å². The van der Waals surface area contributed by atoms with Crippen LogP contribution in [0, 0.1) is 24.4 Å². The van der Waals surface area contributed by atoms with Crippen molar-refractivity contribution in [3.05, 3.63) is 82.9 Å². The van der Waals surface area contributed by atoms with Gasteiger partial charge in [-0.3, -0.25) is 0 Å². The van der Waals surface area contributed by atoms with Gasteiger partial charge < -0.3 is 5.32 Å². The highest BCUT2D eigenvalue weighted by Crippen LogP contribution is 2.33. The molecule has 126 valence electrons. The van der Waals surface area contributed by atoms with Gasteiger partial charge in [-0.25, -0.2) is 17.9 Å². The van der Waals surface area contributed by atoms with Crippen LogP contribution in [0.25, 0.3) is 5.70 Å². The summed E-state index contributed by atoms with van der Waals surface area (Å²) in [6.07, 6.45) is 1.78. The predicted octanol–water partition coefficient (Wildman–Crippen LogP) is 4.06. The lowest BCUT2D eigenvalue weighted by molar-refractivity contribution is 0.560. The lowest BCUT2D eigenvalue weighted by atomic mass is 10.0. The maximum atomic E-state index is 13.7. The SMILES string of the molecule is Cc1nc2n(n1)C(c1cc(F)cc(F)c1)C=C(c1ccc(F)cc1)N2. The Balaban J connectivity index is 1.85. The molecule has 4 rings (SSSR count). The van der Waals surface area contributed by atoms with Crippen molar-refractivity contribution in [3.63, 3.8) is 0 Å². The fourth-order valence-corrected chi connectivity index (χ4v) is 2.88. The number of benzene rings is 2. The molecule has 0 amide bonds. The molecule has 1 unspecified atom stereocenters. The molecule has 0 radical (unpaired) electrons. The molecular weight excluding hydrogens is 329 g/mol. The second-order valence-electron chi connectivity index (χ2n) is 5.79. The van der Waals surface area contributed by atoms with Gasteiger partial charge in [-0.15, -0.1) is 0 Å². The maximum absolute atomic E-state index is 13.7. The average Bonchev–Trinajstić information content (AvgIpc) is 2.93. The van der Waals surface area contributed by atoms with Crippen molar-refractivity contribution < 1.29 is 13.2 Å². The molecular formula is C18H13F3N4. The van der Waals surface area contributed by atoms with Gasteiger partial charge in [-0.1, -0.05) is 0 Å². The van der Waals surface area contributed by atoms with Crippen molar-refractivity contribution >= 4 is 11.6 Å². The summed E-state index contributed by atoms with van der Waals surface area (Å²) in [5.74, 6) is -0.692. The van der Waals surface area contributed by atoms with Gasteiger partial charge >= 0.3 is 0 Å². The monoisotopic (exact) mass is 342 g/mol. The van der Waals surface area contributed by atoms with E-state index in [0.717, 1.165) is 11.6 Å². The topological polar surface area (TPSA) is 42.7 Å². The first kappa shape index (κ1) is 15.4. The van der Waals surface area contributed by atoms with E-state index in [2.05, 4.69) is 15.4 Å². The largest absolute Gasteiger partial charge is 0.324 e. The molecule has 25 heavy (non-hydrogen) atoms. The average molecular weight is 342 g/mol. The molecule has 1 aliphatic rings. The number of fused-ring (bicyclic) bond motifs is 1. The van der Waals surface area contributed by atoms with Crippen LogP contribution >= 0.6 is 0 Å². The van der Waals surface area contributed by atoms with Crippen LogP contribution < -0.4 is 5.32 Å². The van der Waals surface area contributed by atoms with E-state index in [0.29, 0.717) is 23.0 Å². The zero-order chi connectivity index (χ0) is 17.6. The Hall–Kier alpha value is -3.09. The Morgan fingerprint density at radius 1 is 0.960 bits per heavy atom. The lowest BCUT2D eigenvalue weighted by Gasteiger charge is -2.24. The Bertz CT molecular complexity index is 956. The molecule has 0 fully saturated rings. The van der Waals surface area contributed by atoms with Gasteiger partial charge in [0.15, 0.2) is 0 Å². The summed E-state index contributed by atoms with van der Waals surface area (Å²) in [5.41, 5.74) is 1.80. The number of anilines is 1. The molecule has 1 aliphatic heterocycles. The zero-order valence-electron chi connectivity index (χ0n) is 13.2. The van der Waals surface area contributed by atoms with E-state index in [4.69, 9.17) is 0 Å². The Labute approximate surface area is 141 Å². The van der Waals surface area contributed by atoms with Crippen LogP contribution in [0.4, 0.5) is 19.1 Å². The first-order valence-corrected chi connectivity index (χ1v) is 7.63. The number of aryl methyl sites for hydroxylation is 1. The van der Waals surface area contributed by atoms with E-state index < -0.39 is 17.7 Å². The normalized spacial score (nSPS) is 16.2. The van der Waals surface area contributed by atoms with Gasteiger partial charge in [-0.2, -0.15) is 10.1 Å². The van der Waals surface area contributed by atoms with E-state index in [1.807, 2.05) is 0 Å². The number of nitrogens with one attached hydrogen (secondary N) is 1. The summed E-state index contributed by atoms with van der Waals surface area (Å²) in [4.78, 5) is 4.30. The summed E-state index contributed by atoms with van der Waals surface area (Å²) in [6, 6.07) is 8.74. The molecule has 0 bridgehead atoms. The Morgan fingerprint density at radius 2 is 1.64 bits per heavy atom. The maximum Gasteiger partial charge on any atom is 0.226 e. The lowest BCUT2D eigenvalue weighted by Crippen LogP contribution is -2.20. The van der Waals surface area contributed by atoms with Crippen molar-refractivity contribution in [2.75, 3.05) is 5.32 Å². The third-order valence-corrected chi connectivity index (χ3v) is 3.95. The molecule has 0 saturated carbocycles. The summed E-state index contributed by atoms with van der Waals surface area (Å²) >= 11 is 0. The smallest absolute Gasteiger partial charge is 0.226 e. The summed E-state index contributed by atoms with van der Waals surface area (Å²) in [5, 5.41) is 7.43. The highest BCUT2D eigenvalue weighted by molar-refractivity contribution is 5.77. The van der Waals surface area contributed by atoms with Gasteiger partial charge in [0.05, 0.1) is 0 Å². The van der Waals surface area contributed by atoms with Crippen LogP contribution in [0.15, 0.2) is 48.5 Å². The number of hydrogen-bond acceptors (Lipinski definition) is 3. The number of allylic oxidation sites excluding steroid dienone is 1. The first-order chi connectivity index (χ1) is 12.0. The van der Waals surface area contributed by atoms with E-state index in [9.17, 15) is 13.2 Å². The van der Waals surface area contributed by atoms with Crippen LogP contribution in [-0.2, 0) is 0 Å². The highest BCUT2D eigenvalue weighted by Gasteiger charge is 2.25. The summed E-state index contributed by atoms with van der Waals surface area (Å²) in [6.45, 7) is 1.73. The quantitative estimate of drug-likeness (QED) is 0.764. The van der Waals surface area contributed by atoms with E-state index >= 15 is 0 Å². The Morgan fingerprint density at radius 3 is 2.32 bits per heavy atom. The van der Waals surface area contributed by atoms with Crippen LogP contribution in [0.5, 0.6) is 0 Å². The van der Waals surface area contributed by atoms with Crippen molar-refractivity contribution in [1.29, 1.82) is 0 Å². The van der Waals surface area contributed by atoms with Gasteiger partial charge in [0, 0.05) is 11.8 Å². The molecule has 1 aromatic heterocycles. The zero-order valence-corrected chi connectivity index (χ0v) is 13.2. The highest BCUT2D eigenvalue weighted by atomic mass is 19.1. The molecule has 0 saturated heterocycles. The summed E-state index contributed by atoms with van der Waals surface area (Å²) in [7, 11) is 0. The number of halogens is 3. The van der Waals surface area contributed by atoms with Crippen LogP contribution in [-0.4, -0.2) is 14.8 Å². The number of rotatable bonds is 2. The molecule has 0 spiro atoms. The fraction of sp³-hybridized carbons (Fsp3) is 0.111. The minimum absolute atomic E-state index is 0.345. The van der Waals surface area contributed by atoms with E-state index in [-0.39, 0.29) is 5.82 Å². The van der Waals surface area contributed by atoms with Crippen LogP contribution in [0.1, 0.15) is 23.0 Å². The molecule has 0 aliphatic carbocycles. The third-order valence-electron chi connectivity index (χ3n) is 3.95. The van der Waals surface area contributed by atoms with E-state index in [1.165, 1.54) is 24.3 Å². The fourth-order valence-electron chi connectivity index (χ4n) is 2.88. The molecule has 3 aromatic rings. The number of aromatic nitrogens is 3. The van der Waals surface area contributed by atoms with Crippen LogP contribution in [0.2, 0.25) is 0 Å². The van der Waals surface area contributed by atoms with Crippen molar-refractivity contribution in [3.8, 4) is 0 Å². The standard InChI is InChI=1S/C18H13F3N4/c1-10-22-18-23-16(11-2-4-13(19)5-3-11)9-17(25(18)24-10)12-6-14(20)8-15(21)7-12/h2-9,17H,1H3,(H,22,23,24). The van der Waals surface area contributed by atoms with Gasteiger partial charge in [-0.05, 0) is 60.5 Å². The molecule has 1 N–H and O–H groups in total. The molecule has 7 heteroatoms. The minimum Gasteiger partial charge on any atom is -0.324 e. The molecule has 1 atom stereocenters. The van der Waals surface area contributed by atoms with Gasteiger partial charge in [0.25, 0.3) is 0 Å². The third kappa shape index (κ3) is 2.88. The summed E-state index contributed by atoms with van der Waals surface area (Å²) < 4.78 is 42.1. The van der Waals surface area contributed by atoms with E-state index in [1.54, 1.807) is 29.8 Å². The minimum atomic E-state index is -0.663. The number of hydrogen-bond donors (Lipinski definition) is 1. The Kier molecular flexibility index (Phi) is 3.56. The second-order valence-corrected chi connectivity index (χ2v) is 5.79. The molecule has 2 aromatic carbocycles. The molecule has 4 nitrogen and oxygen atoms in total. The van der Waals surface area contributed by atoms with Crippen molar-refractivity contribution in [2.45, 2.75) is 13.0 Å². The first-order valence-electron chi connectivity index (χ1n) is 7.63. The van der Waals surface area contributed by atoms with Crippen molar-refractivity contribution in [1.82, 2.24) is 14.8 Å². The van der Waals surface area contributed by atoms with Gasteiger partial charge in [0.1, 0.15) is 29.3 Å². The molecule has 2 heterocycles.